The normalized spacial score (nSPS) is 20.5. The van der Waals surface area contributed by atoms with Crippen LogP contribution < -0.4 is 0 Å². The summed E-state index contributed by atoms with van der Waals surface area (Å²) in [5, 5.41) is 10.5. The Morgan fingerprint density at radius 3 is 2.45 bits per heavy atom. The van der Waals surface area contributed by atoms with Crippen LogP contribution in [0.1, 0.15) is 46.0 Å². The van der Waals surface area contributed by atoms with E-state index in [4.69, 9.17) is 0 Å². The van der Waals surface area contributed by atoms with Crippen LogP contribution in [0.5, 0.6) is 0 Å². The third-order valence-corrected chi connectivity index (χ3v) is 3.84. The first-order valence-electron chi connectivity index (χ1n) is 6.73. The molecule has 0 heterocycles. The number of carbonyl (C=O) groups excluding carboxylic acids is 1. The third-order valence-electron chi connectivity index (χ3n) is 3.84. The molecule has 2 aromatic carbocycles. The van der Waals surface area contributed by atoms with Crippen LogP contribution in [0.4, 0.5) is 0 Å². The van der Waals surface area contributed by atoms with E-state index < -0.39 is 6.10 Å². The first-order chi connectivity index (χ1) is 9.66. The van der Waals surface area contributed by atoms with Crippen molar-refractivity contribution >= 4 is 11.9 Å². The van der Waals surface area contributed by atoms with Crippen LogP contribution >= 0.6 is 0 Å². The van der Waals surface area contributed by atoms with Gasteiger partial charge in [-0.3, -0.25) is 4.79 Å². The fourth-order valence-electron chi connectivity index (χ4n) is 2.67. The molecule has 0 saturated carbocycles. The van der Waals surface area contributed by atoms with Gasteiger partial charge in [0.2, 0.25) is 0 Å². The molecule has 0 fully saturated rings. The highest BCUT2D eigenvalue weighted by Gasteiger charge is 2.25. The Morgan fingerprint density at radius 2 is 1.75 bits per heavy atom. The number of Topliss-reactive ketones (excluding diaryl/α,β-unsaturated/α-hetero) is 1. The van der Waals surface area contributed by atoms with Gasteiger partial charge >= 0.3 is 0 Å². The number of ketones is 1. The molecule has 0 bridgehead atoms. The SMILES string of the molecule is CC(=O)c1ccc([C@@H]2C=Cc3ccccc3[C@@H]2O)cc1. The van der Waals surface area contributed by atoms with Crippen molar-refractivity contribution in [1.29, 1.82) is 0 Å². The number of carbonyl (C=O) groups is 1. The summed E-state index contributed by atoms with van der Waals surface area (Å²) >= 11 is 0. The van der Waals surface area contributed by atoms with Crippen molar-refractivity contribution in [3.05, 3.63) is 76.9 Å². The van der Waals surface area contributed by atoms with Crippen LogP contribution in [-0.4, -0.2) is 10.9 Å². The molecule has 1 aliphatic rings. The summed E-state index contributed by atoms with van der Waals surface area (Å²) in [5.41, 5.74) is 3.74. The van der Waals surface area contributed by atoms with Crippen LogP contribution in [0.3, 0.4) is 0 Å². The Hall–Kier alpha value is -2.19. The van der Waals surface area contributed by atoms with Crippen molar-refractivity contribution in [2.24, 2.45) is 0 Å². The van der Waals surface area contributed by atoms with Gasteiger partial charge in [0.05, 0.1) is 6.10 Å². The molecule has 0 aliphatic heterocycles. The molecule has 1 aliphatic carbocycles. The van der Waals surface area contributed by atoms with Gasteiger partial charge in [-0.2, -0.15) is 0 Å². The van der Waals surface area contributed by atoms with Crippen LogP contribution in [0, 0.1) is 0 Å². The first-order valence-corrected chi connectivity index (χ1v) is 6.73. The average molecular weight is 264 g/mol. The summed E-state index contributed by atoms with van der Waals surface area (Å²) in [7, 11) is 0. The fraction of sp³-hybridized carbons (Fsp3) is 0.167. The van der Waals surface area contributed by atoms with E-state index in [0.717, 1.165) is 16.7 Å². The highest BCUT2D eigenvalue weighted by Crippen LogP contribution is 2.38. The van der Waals surface area contributed by atoms with E-state index >= 15 is 0 Å². The second-order valence-corrected chi connectivity index (χ2v) is 5.14. The minimum atomic E-state index is -0.542. The lowest BCUT2D eigenvalue weighted by atomic mass is 9.82. The summed E-state index contributed by atoms with van der Waals surface area (Å²) in [6.45, 7) is 1.56. The molecule has 20 heavy (non-hydrogen) atoms. The quantitative estimate of drug-likeness (QED) is 0.839. The monoisotopic (exact) mass is 264 g/mol. The van der Waals surface area contributed by atoms with Gasteiger partial charge in [0.1, 0.15) is 0 Å². The molecule has 0 radical (unpaired) electrons. The highest BCUT2D eigenvalue weighted by molar-refractivity contribution is 5.94. The number of aliphatic hydroxyl groups is 1. The van der Waals surface area contributed by atoms with Crippen molar-refractivity contribution in [3.8, 4) is 0 Å². The molecule has 1 N–H and O–H groups in total. The Labute approximate surface area is 118 Å². The van der Waals surface area contributed by atoms with E-state index in [1.807, 2.05) is 60.7 Å². The van der Waals surface area contributed by atoms with E-state index in [2.05, 4.69) is 0 Å². The van der Waals surface area contributed by atoms with Crippen molar-refractivity contribution < 1.29 is 9.90 Å². The van der Waals surface area contributed by atoms with Gasteiger partial charge < -0.3 is 5.11 Å². The smallest absolute Gasteiger partial charge is 0.159 e. The fourth-order valence-corrected chi connectivity index (χ4v) is 2.67. The molecular weight excluding hydrogens is 248 g/mol. The van der Waals surface area contributed by atoms with Crippen LogP contribution in [-0.2, 0) is 0 Å². The van der Waals surface area contributed by atoms with Gasteiger partial charge in [0, 0.05) is 11.5 Å². The van der Waals surface area contributed by atoms with Crippen LogP contribution in [0.2, 0.25) is 0 Å². The Balaban J connectivity index is 1.94. The van der Waals surface area contributed by atoms with E-state index in [9.17, 15) is 9.90 Å². The summed E-state index contributed by atoms with van der Waals surface area (Å²) < 4.78 is 0. The predicted molar refractivity (Wildman–Crippen MR) is 79.6 cm³/mol. The topological polar surface area (TPSA) is 37.3 Å². The van der Waals surface area contributed by atoms with E-state index in [1.54, 1.807) is 6.92 Å². The van der Waals surface area contributed by atoms with Gasteiger partial charge in [0.15, 0.2) is 5.78 Å². The largest absolute Gasteiger partial charge is 0.387 e. The van der Waals surface area contributed by atoms with Gasteiger partial charge in [-0.15, -0.1) is 0 Å². The molecule has 2 atom stereocenters. The zero-order valence-corrected chi connectivity index (χ0v) is 11.3. The maximum atomic E-state index is 11.3. The molecule has 2 aromatic rings. The number of hydrogen-bond donors (Lipinski definition) is 1. The predicted octanol–water partition coefficient (Wildman–Crippen LogP) is 3.73. The minimum Gasteiger partial charge on any atom is -0.387 e. The second-order valence-electron chi connectivity index (χ2n) is 5.14. The lowest BCUT2D eigenvalue weighted by Crippen LogP contribution is -2.13. The molecule has 0 unspecified atom stereocenters. The highest BCUT2D eigenvalue weighted by atomic mass is 16.3. The van der Waals surface area contributed by atoms with Crippen molar-refractivity contribution in [2.75, 3.05) is 0 Å². The molecule has 2 nitrogen and oxygen atoms in total. The lowest BCUT2D eigenvalue weighted by Gasteiger charge is -2.26. The molecular formula is C18H16O2. The minimum absolute atomic E-state index is 0.0571. The summed E-state index contributed by atoms with van der Waals surface area (Å²) in [4.78, 5) is 11.3. The lowest BCUT2D eigenvalue weighted by molar-refractivity contribution is 0.101. The number of aliphatic hydroxyl groups excluding tert-OH is 1. The first kappa shape index (κ1) is 12.8. The van der Waals surface area contributed by atoms with E-state index in [1.165, 1.54) is 0 Å². The summed E-state index contributed by atoms with van der Waals surface area (Å²) in [6.07, 6.45) is 3.53. The van der Waals surface area contributed by atoms with Crippen molar-refractivity contribution in [2.45, 2.75) is 18.9 Å². The molecule has 100 valence electrons. The molecule has 0 amide bonds. The maximum absolute atomic E-state index is 11.3. The molecule has 0 spiro atoms. The maximum Gasteiger partial charge on any atom is 0.159 e. The molecule has 2 heteroatoms. The Kier molecular flexibility index (Phi) is 3.25. The van der Waals surface area contributed by atoms with Crippen molar-refractivity contribution in [1.82, 2.24) is 0 Å². The Morgan fingerprint density at radius 1 is 1.05 bits per heavy atom. The van der Waals surface area contributed by atoms with Gasteiger partial charge in [0.25, 0.3) is 0 Å². The van der Waals surface area contributed by atoms with Crippen LogP contribution in [0.25, 0.3) is 6.08 Å². The molecule has 3 rings (SSSR count). The standard InChI is InChI=1S/C18H16O2/c1-12(19)13-6-8-15(9-7-13)17-11-10-14-4-2-3-5-16(14)18(17)20/h2-11,17-18,20H,1H3/t17-,18-/m0/s1. The van der Waals surface area contributed by atoms with Gasteiger partial charge in [-0.1, -0.05) is 60.7 Å². The third kappa shape index (κ3) is 2.19. The average Bonchev–Trinajstić information content (AvgIpc) is 2.48. The second kappa shape index (κ2) is 5.06. The van der Waals surface area contributed by atoms with Crippen molar-refractivity contribution in [3.63, 3.8) is 0 Å². The molecule has 0 saturated heterocycles. The van der Waals surface area contributed by atoms with Gasteiger partial charge in [-0.25, -0.2) is 0 Å². The molecule has 0 aromatic heterocycles. The number of benzene rings is 2. The zero-order valence-electron chi connectivity index (χ0n) is 11.3. The van der Waals surface area contributed by atoms with Gasteiger partial charge in [-0.05, 0) is 23.6 Å². The van der Waals surface area contributed by atoms with E-state index in [0.29, 0.717) is 5.56 Å². The van der Waals surface area contributed by atoms with Crippen LogP contribution in [0.15, 0.2) is 54.6 Å². The number of rotatable bonds is 2. The Bertz CT molecular complexity index is 668. The zero-order chi connectivity index (χ0) is 14.1. The number of hydrogen-bond acceptors (Lipinski definition) is 2. The summed E-state index contributed by atoms with van der Waals surface area (Å²) in [5.74, 6) is -0.00691. The number of fused-ring (bicyclic) bond motifs is 1. The van der Waals surface area contributed by atoms with E-state index in [-0.39, 0.29) is 11.7 Å². The summed E-state index contributed by atoms with van der Waals surface area (Å²) in [6, 6.07) is 15.4.